The fourth-order valence-corrected chi connectivity index (χ4v) is 2.02. The summed E-state index contributed by atoms with van der Waals surface area (Å²) < 4.78 is 0. The summed E-state index contributed by atoms with van der Waals surface area (Å²) in [6.07, 6.45) is 0. The molecule has 1 heterocycles. The highest BCUT2D eigenvalue weighted by Gasteiger charge is 2.19. The molecular weight excluding hydrogens is 226 g/mol. The van der Waals surface area contributed by atoms with Crippen molar-refractivity contribution in [1.29, 1.82) is 0 Å². The second-order valence-corrected chi connectivity index (χ2v) is 5.00. The van der Waals surface area contributed by atoms with Gasteiger partial charge in [-0.1, -0.05) is 25.2 Å². The van der Waals surface area contributed by atoms with Crippen molar-refractivity contribution < 1.29 is 9.90 Å². The molecule has 90 valence electrons. The Morgan fingerprint density at radius 1 is 1.62 bits per heavy atom. The number of nitrogens with one attached hydrogen (secondary N) is 1. The van der Waals surface area contributed by atoms with Crippen LogP contribution < -0.4 is 11.1 Å². The van der Waals surface area contributed by atoms with E-state index in [1.807, 2.05) is 13.8 Å². The summed E-state index contributed by atoms with van der Waals surface area (Å²) in [6.45, 7) is 5.55. The smallest absolute Gasteiger partial charge is 0.263 e. The van der Waals surface area contributed by atoms with Gasteiger partial charge >= 0.3 is 0 Å². The zero-order chi connectivity index (χ0) is 12.3. The molecule has 16 heavy (non-hydrogen) atoms. The lowest BCUT2D eigenvalue weighted by Crippen LogP contribution is -2.41. The second kappa shape index (κ2) is 5.27. The van der Waals surface area contributed by atoms with Crippen LogP contribution in [0.15, 0.2) is 0 Å². The summed E-state index contributed by atoms with van der Waals surface area (Å²) in [5.41, 5.74) is 6.14. The lowest BCUT2D eigenvalue weighted by molar-refractivity contribution is 0.0900. The molecule has 0 saturated heterocycles. The van der Waals surface area contributed by atoms with E-state index < -0.39 is 0 Å². The average molecular weight is 243 g/mol. The minimum atomic E-state index is -0.241. The predicted molar refractivity (Wildman–Crippen MR) is 64.4 cm³/mol. The lowest BCUT2D eigenvalue weighted by atomic mass is 10.1. The van der Waals surface area contributed by atoms with E-state index in [1.54, 1.807) is 6.92 Å². The first-order valence-electron chi connectivity index (χ1n) is 5.10. The molecule has 1 rings (SSSR count). The number of carbonyl (C=O) groups is 1. The standard InChI is InChI=1S/C10H17N3O2S/c1-5(2)7(4-14)13-9(15)8-6(3)12-10(11)16-8/h5,7,14H,4H2,1-3H3,(H2,11,12)(H,13,15). The van der Waals surface area contributed by atoms with Crippen LogP contribution in [0.1, 0.15) is 29.2 Å². The maximum atomic E-state index is 11.8. The van der Waals surface area contributed by atoms with Crippen molar-refractivity contribution in [3.63, 3.8) is 0 Å². The lowest BCUT2D eigenvalue weighted by Gasteiger charge is -2.19. The summed E-state index contributed by atoms with van der Waals surface area (Å²) in [4.78, 5) is 16.3. The van der Waals surface area contributed by atoms with Crippen LogP contribution in [0.5, 0.6) is 0 Å². The minimum Gasteiger partial charge on any atom is -0.394 e. The first-order valence-corrected chi connectivity index (χ1v) is 5.92. The molecule has 0 aromatic carbocycles. The van der Waals surface area contributed by atoms with Gasteiger partial charge in [-0.05, 0) is 12.8 Å². The van der Waals surface area contributed by atoms with Crippen LogP contribution in [0.25, 0.3) is 0 Å². The second-order valence-electron chi connectivity index (χ2n) is 3.97. The molecule has 0 radical (unpaired) electrons. The van der Waals surface area contributed by atoms with Gasteiger partial charge in [0.15, 0.2) is 5.13 Å². The molecule has 4 N–H and O–H groups in total. The number of hydrogen-bond donors (Lipinski definition) is 3. The summed E-state index contributed by atoms with van der Waals surface area (Å²) in [6, 6.07) is -0.241. The van der Waals surface area contributed by atoms with Gasteiger partial charge in [-0.2, -0.15) is 0 Å². The largest absolute Gasteiger partial charge is 0.394 e. The number of aryl methyl sites for hydroxylation is 1. The number of nitrogens with zero attached hydrogens (tertiary/aromatic N) is 1. The Bertz CT molecular complexity index is 376. The van der Waals surface area contributed by atoms with Crippen molar-refractivity contribution in [2.75, 3.05) is 12.3 Å². The molecular formula is C10H17N3O2S. The van der Waals surface area contributed by atoms with Gasteiger partial charge in [0.25, 0.3) is 5.91 Å². The van der Waals surface area contributed by atoms with Gasteiger partial charge in [0.05, 0.1) is 18.3 Å². The molecule has 0 aliphatic carbocycles. The van der Waals surface area contributed by atoms with Crippen LogP contribution >= 0.6 is 11.3 Å². The highest BCUT2D eigenvalue weighted by Crippen LogP contribution is 2.19. The van der Waals surface area contributed by atoms with Gasteiger partial charge in [0.1, 0.15) is 4.88 Å². The monoisotopic (exact) mass is 243 g/mol. The van der Waals surface area contributed by atoms with E-state index in [2.05, 4.69) is 10.3 Å². The van der Waals surface area contributed by atoms with Crippen molar-refractivity contribution in [3.8, 4) is 0 Å². The Labute approximate surface area is 98.7 Å². The van der Waals surface area contributed by atoms with Crippen LogP contribution in [0.4, 0.5) is 5.13 Å². The molecule has 5 nitrogen and oxygen atoms in total. The van der Waals surface area contributed by atoms with Gasteiger partial charge in [0.2, 0.25) is 0 Å². The molecule has 1 aromatic heterocycles. The number of hydrogen-bond acceptors (Lipinski definition) is 5. The molecule has 0 aliphatic heterocycles. The number of aromatic nitrogens is 1. The number of nitrogens with two attached hydrogens (primary N) is 1. The number of rotatable bonds is 4. The van der Waals surface area contributed by atoms with E-state index in [4.69, 9.17) is 10.8 Å². The van der Waals surface area contributed by atoms with Crippen molar-refractivity contribution >= 4 is 22.4 Å². The molecule has 1 amide bonds. The predicted octanol–water partition coefficient (Wildman–Crippen LogP) is 0.780. The number of amides is 1. The number of anilines is 1. The van der Waals surface area contributed by atoms with Crippen LogP contribution in [-0.4, -0.2) is 28.6 Å². The van der Waals surface area contributed by atoms with Crippen molar-refractivity contribution in [1.82, 2.24) is 10.3 Å². The van der Waals surface area contributed by atoms with Crippen LogP contribution in [0, 0.1) is 12.8 Å². The molecule has 1 unspecified atom stereocenters. The van der Waals surface area contributed by atoms with Crippen molar-refractivity contribution in [3.05, 3.63) is 10.6 Å². The number of thiazole rings is 1. The Morgan fingerprint density at radius 2 is 2.25 bits per heavy atom. The van der Waals surface area contributed by atoms with E-state index in [1.165, 1.54) is 0 Å². The Balaban J connectivity index is 2.75. The Hall–Kier alpha value is -1.14. The van der Waals surface area contributed by atoms with Gasteiger partial charge in [-0.15, -0.1) is 0 Å². The zero-order valence-electron chi connectivity index (χ0n) is 9.65. The molecule has 1 atom stereocenters. The first-order chi connectivity index (χ1) is 7.45. The van der Waals surface area contributed by atoms with E-state index in [9.17, 15) is 4.79 Å². The van der Waals surface area contributed by atoms with E-state index >= 15 is 0 Å². The highest BCUT2D eigenvalue weighted by atomic mass is 32.1. The molecule has 0 aliphatic rings. The van der Waals surface area contributed by atoms with Gasteiger partial charge < -0.3 is 16.2 Å². The summed E-state index contributed by atoms with van der Waals surface area (Å²) in [7, 11) is 0. The molecule has 0 saturated carbocycles. The Morgan fingerprint density at radius 3 is 2.62 bits per heavy atom. The quantitative estimate of drug-likeness (QED) is 0.729. The van der Waals surface area contributed by atoms with Crippen LogP contribution in [-0.2, 0) is 0 Å². The summed E-state index contributed by atoms with van der Waals surface area (Å²) in [5.74, 6) is -0.0426. The van der Waals surface area contributed by atoms with Crippen LogP contribution in [0.2, 0.25) is 0 Å². The zero-order valence-corrected chi connectivity index (χ0v) is 10.5. The van der Waals surface area contributed by atoms with Gasteiger partial charge in [-0.25, -0.2) is 4.98 Å². The first kappa shape index (κ1) is 12.9. The van der Waals surface area contributed by atoms with Crippen molar-refractivity contribution in [2.45, 2.75) is 26.8 Å². The summed E-state index contributed by atoms with van der Waals surface area (Å²) in [5, 5.41) is 12.3. The van der Waals surface area contributed by atoms with Crippen molar-refractivity contribution in [2.24, 2.45) is 5.92 Å². The number of nitrogen functional groups attached to an aromatic ring is 1. The van der Waals surface area contributed by atoms with Gasteiger partial charge in [0, 0.05) is 0 Å². The molecule has 0 spiro atoms. The van der Waals surface area contributed by atoms with Gasteiger partial charge in [-0.3, -0.25) is 4.79 Å². The van der Waals surface area contributed by atoms with Crippen LogP contribution in [0.3, 0.4) is 0 Å². The highest BCUT2D eigenvalue weighted by molar-refractivity contribution is 7.17. The fraction of sp³-hybridized carbons (Fsp3) is 0.600. The number of aliphatic hydroxyl groups excluding tert-OH is 1. The maximum absolute atomic E-state index is 11.8. The number of carbonyl (C=O) groups excluding carboxylic acids is 1. The maximum Gasteiger partial charge on any atom is 0.263 e. The third-order valence-corrected chi connectivity index (χ3v) is 3.32. The normalized spacial score (nSPS) is 12.8. The SMILES string of the molecule is Cc1nc(N)sc1C(=O)NC(CO)C(C)C. The molecule has 1 aromatic rings. The third-order valence-electron chi connectivity index (χ3n) is 2.34. The molecule has 0 bridgehead atoms. The molecule has 0 fully saturated rings. The third kappa shape index (κ3) is 2.93. The fourth-order valence-electron chi connectivity index (χ4n) is 1.29. The Kier molecular flexibility index (Phi) is 4.26. The minimum absolute atomic E-state index is 0.0727. The topological polar surface area (TPSA) is 88.2 Å². The molecule has 6 heteroatoms. The van der Waals surface area contributed by atoms with E-state index in [0.717, 1.165) is 11.3 Å². The number of aliphatic hydroxyl groups is 1. The van der Waals surface area contributed by atoms with E-state index in [0.29, 0.717) is 15.7 Å². The van der Waals surface area contributed by atoms with E-state index in [-0.39, 0.29) is 24.5 Å². The average Bonchev–Trinajstić information content (AvgIpc) is 2.53. The summed E-state index contributed by atoms with van der Waals surface area (Å²) >= 11 is 1.16.